The van der Waals surface area contributed by atoms with Crippen LogP contribution in [-0.2, 0) is 6.54 Å². The van der Waals surface area contributed by atoms with Crippen LogP contribution in [0.1, 0.15) is 35.3 Å². The first-order chi connectivity index (χ1) is 10.7. The molecule has 4 rings (SSSR count). The molecule has 0 amide bonds. The van der Waals surface area contributed by atoms with Crippen molar-refractivity contribution < 1.29 is 9.53 Å². The summed E-state index contributed by atoms with van der Waals surface area (Å²) < 4.78 is 6.13. The molecular weight excluding hydrogens is 278 g/mol. The van der Waals surface area contributed by atoms with Gasteiger partial charge in [-0.05, 0) is 5.56 Å². The molecule has 0 atom stereocenters. The van der Waals surface area contributed by atoms with Crippen molar-refractivity contribution in [3.63, 3.8) is 0 Å². The number of carbonyl (C=O) groups excluding carboxylic acids is 1. The Morgan fingerprint density at radius 2 is 2.00 bits per heavy atom. The predicted molar refractivity (Wildman–Crippen MR) is 81.8 cm³/mol. The number of piperidine rings is 1. The Kier molecular flexibility index (Phi) is 3.22. The monoisotopic (exact) mass is 297 g/mol. The van der Waals surface area contributed by atoms with Gasteiger partial charge >= 0.3 is 0 Å². The highest BCUT2D eigenvalue weighted by atomic mass is 16.5. The second kappa shape index (κ2) is 5.25. The van der Waals surface area contributed by atoms with Crippen LogP contribution >= 0.6 is 0 Å². The van der Waals surface area contributed by atoms with E-state index in [1.807, 2.05) is 6.07 Å². The zero-order valence-electron chi connectivity index (χ0n) is 12.4. The number of fused-ring (bicyclic) bond motifs is 1. The van der Waals surface area contributed by atoms with Gasteiger partial charge in [0.1, 0.15) is 11.3 Å². The number of aromatic amines is 1. The number of nitrogens with one attached hydrogen (secondary N) is 1. The van der Waals surface area contributed by atoms with Crippen molar-refractivity contribution in [2.45, 2.75) is 31.4 Å². The molecule has 1 fully saturated rings. The molecule has 0 bridgehead atoms. The third-order valence-electron chi connectivity index (χ3n) is 4.71. The molecule has 1 aromatic heterocycles. The lowest BCUT2D eigenvalue weighted by Gasteiger charge is -2.43. The minimum atomic E-state index is -0.332. The van der Waals surface area contributed by atoms with Crippen molar-refractivity contribution in [3.05, 3.63) is 47.8 Å². The average Bonchev–Trinajstić information content (AvgIpc) is 3.00. The lowest BCUT2D eigenvalue weighted by molar-refractivity contribution is -0.0108. The number of hydrogen-bond acceptors (Lipinski definition) is 4. The fraction of sp³-hybridized carbons (Fsp3) is 0.412. The number of nitrogens with zero attached hydrogens (tertiary/aromatic N) is 2. The molecule has 1 saturated heterocycles. The van der Waals surface area contributed by atoms with E-state index >= 15 is 0 Å². The molecule has 2 aromatic rings. The molecule has 0 saturated carbocycles. The van der Waals surface area contributed by atoms with Crippen LogP contribution in [0.5, 0.6) is 5.75 Å². The maximum Gasteiger partial charge on any atom is 0.188 e. The summed E-state index contributed by atoms with van der Waals surface area (Å²) in [4.78, 5) is 14.7. The number of carbonyl (C=O) groups is 1. The molecule has 0 aliphatic carbocycles. The van der Waals surface area contributed by atoms with Crippen molar-refractivity contribution in [3.8, 4) is 5.75 Å². The summed E-state index contributed by atoms with van der Waals surface area (Å²) in [5, 5.41) is 6.66. The number of rotatable bonds is 2. The summed E-state index contributed by atoms with van der Waals surface area (Å²) in [6, 6.07) is 10.5. The van der Waals surface area contributed by atoms with E-state index < -0.39 is 0 Å². The summed E-state index contributed by atoms with van der Waals surface area (Å²) >= 11 is 0. The molecule has 1 aromatic carbocycles. The van der Waals surface area contributed by atoms with E-state index in [9.17, 15) is 4.79 Å². The quantitative estimate of drug-likeness (QED) is 0.925. The minimum Gasteiger partial charge on any atom is -0.483 e. The standard InChI is InChI=1S/C17H19N3O2/c21-14-10-17(22-15-11-18-19-16(14)15)6-8-20(9-7-17)12-13-4-2-1-3-5-13/h1-5,11H,6-10,12H2,(H,18,19). The lowest BCUT2D eigenvalue weighted by Crippen LogP contribution is -2.50. The number of Topliss-reactive ketones (excluding diaryl/α,β-unsaturated/α-hetero) is 1. The number of ether oxygens (including phenoxy) is 1. The van der Waals surface area contributed by atoms with Gasteiger partial charge < -0.3 is 4.74 Å². The van der Waals surface area contributed by atoms with Crippen LogP contribution in [0.25, 0.3) is 0 Å². The van der Waals surface area contributed by atoms with E-state index in [1.54, 1.807) is 6.20 Å². The first kappa shape index (κ1) is 13.5. The molecule has 1 N–H and O–H groups in total. The lowest BCUT2D eigenvalue weighted by atomic mass is 9.83. The molecule has 5 nitrogen and oxygen atoms in total. The molecule has 2 aliphatic heterocycles. The Morgan fingerprint density at radius 3 is 2.77 bits per heavy atom. The largest absolute Gasteiger partial charge is 0.483 e. The highest BCUT2D eigenvalue weighted by molar-refractivity contribution is 5.98. The van der Waals surface area contributed by atoms with Crippen LogP contribution in [0, 0.1) is 0 Å². The van der Waals surface area contributed by atoms with Crippen LogP contribution in [0.3, 0.4) is 0 Å². The van der Waals surface area contributed by atoms with Crippen molar-refractivity contribution in [1.82, 2.24) is 15.1 Å². The summed E-state index contributed by atoms with van der Waals surface area (Å²) in [7, 11) is 0. The zero-order chi connectivity index (χ0) is 15.0. The van der Waals surface area contributed by atoms with Crippen molar-refractivity contribution in [2.75, 3.05) is 13.1 Å². The third kappa shape index (κ3) is 2.41. The number of hydrogen-bond donors (Lipinski definition) is 1. The van der Waals surface area contributed by atoms with Gasteiger partial charge in [-0.1, -0.05) is 30.3 Å². The Morgan fingerprint density at radius 1 is 1.23 bits per heavy atom. The van der Waals surface area contributed by atoms with Crippen molar-refractivity contribution >= 4 is 5.78 Å². The molecule has 2 aliphatic rings. The SMILES string of the molecule is O=C1CC2(CCN(Cc3ccccc3)CC2)Oc2cn[nH]c21. The number of likely N-dealkylation sites (tertiary alicyclic amines) is 1. The van der Waals surface area contributed by atoms with Crippen LogP contribution < -0.4 is 4.74 Å². The molecule has 3 heterocycles. The zero-order valence-corrected chi connectivity index (χ0v) is 12.4. The normalized spacial score (nSPS) is 20.6. The van der Waals surface area contributed by atoms with Gasteiger partial charge in [-0.3, -0.25) is 14.8 Å². The second-order valence-corrected chi connectivity index (χ2v) is 6.26. The van der Waals surface area contributed by atoms with Crippen LogP contribution in [0.2, 0.25) is 0 Å². The Balaban J connectivity index is 1.43. The number of aromatic nitrogens is 2. The molecule has 0 radical (unpaired) electrons. The first-order valence-corrected chi connectivity index (χ1v) is 7.76. The van der Waals surface area contributed by atoms with Crippen LogP contribution in [0.4, 0.5) is 0 Å². The predicted octanol–water partition coefficient (Wildman–Crippen LogP) is 2.41. The van der Waals surface area contributed by atoms with Crippen molar-refractivity contribution in [1.29, 1.82) is 0 Å². The van der Waals surface area contributed by atoms with Gasteiger partial charge in [0, 0.05) is 32.5 Å². The van der Waals surface area contributed by atoms with Gasteiger partial charge in [0.2, 0.25) is 0 Å². The first-order valence-electron chi connectivity index (χ1n) is 7.76. The maximum atomic E-state index is 12.2. The van der Waals surface area contributed by atoms with Gasteiger partial charge in [0.25, 0.3) is 0 Å². The fourth-order valence-electron chi connectivity index (χ4n) is 3.44. The summed E-state index contributed by atoms with van der Waals surface area (Å²) in [6.45, 7) is 2.87. The molecule has 114 valence electrons. The second-order valence-electron chi connectivity index (χ2n) is 6.26. The molecular formula is C17H19N3O2. The average molecular weight is 297 g/mol. The van der Waals surface area contributed by atoms with E-state index in [2.05, 4.69) is 39.4 Å². The number of benzene rings is 1. The molecule has 5 heteroatoms. The van der Waals surface area contributed by atoms with Gasteiger partial charge in [-0.25, -0.2) is 0 Å². The smallest absolute Gasteiger partial charge is 0.188 e. The van der Waals surface area contributed by atoms with E-state index in [0.717, 1.165) is 32.5 Å². The van der Waals surface area contributed by atoms with Gasteiger partial charge in [-0.2, -0.15) is 5.10 Å². The highest BCUT2D eigenvalue weighted by Gasteiger charge is 2.43. The Labute approximate surface area is 129 Å². The molecule has 1 spiro atoms. The van der Waals surface area contributed by atoms with Gasteiger partial charge in [0.15, 0.2) is 11.5 Å². The van der Waals surface area contributed by atoms with Gasteiger partial charge in [-0.15, -0.1) is 0 Å². The molecule has 0 unspecified atom stereocenters. The minimum absolute atomic E-state index is 0.121. The summed E-state index contributed by atoms with van der Waals surface area (Å²) in [6.07, 6.45) is 3.85. The third-order valence-corrected chi connectivity index (χ3v) is 4.71. The van der Waals surface area contributed by atoms with Crippen LogP contribution in [-0.4, -0.2) is 39.6 Å². The Bertz CT molecular complexity index is 672. The summed E-state index contributed by atoms with van der Waals surface area (Å²) in [5.74, 6) is 0.739. The van der Waals surface area contributed by atoms with Gasteiger partial charge in [0.05, 0.1) is 12.6 Å². The number of ketones is 1. The number of H-pyrrole nitrogens is 1. The van der Waals surface area contributed by atoms with E-state index in [-0.39, 0.29) is 11.4 Å². The van der Waals surface area contributed by atoms with E-state index in [4.69, 9.17) is 4.74 Å². The van der Waals surface area contributed by atoms with Crippen LogP contribution in [0.15, 0.2) is 36.5 Å². The van der Waals surface area contributed by atoms with E-state index in [0.29, 0.717) is 17.9 Å². The van der Waals surface area contributed by atoms with E-state index in [1.165, 1.54) is 5.56 Å². The maximum absolute atomic E-state index is 12.2. The molecule has 22 heavy (non-hydrogen) atoms. The fourth-order valence-corrected chi connectivity index (χ4v) is 3.44. The van der Waals surface area contributed by atoms with Crippen molar-refractivity contribution in [2.24, 2.45) is 0 Å². The Hall–Kier alpha value is -2.14. The topological polar surface area (TPSA) is 58.2 Å². The highest BCUT2D eigenvalue weighted by Crippen LogP contribution is 2.38. The summed E-state index contributed by atoms with van der Waals surface area (Å²) in [5.41, 5.74) is 1.52.